The Morgan fingerprint density at radius 1 is 1.31 bits per heavy atom. The fourth-order valence-electron chi connectivity index (χ4n) is 1.78. The van der Waals surface area contributed by atoms with Crippen molar-refractivity contribution in [3.05, 3.63) is 29.8 Å². The minimum absolute atomic E-state index is 0.198. The summed E-state index contributed by atoms with van der Waals surface area (Å²) >= 11 is 0. The van der Waals surface area contributed by atoms with Crippen molar-refractivity contribution in [2.45, 2.75) is 27.2 Å². The van der Waals surface area contributed by atoms with Crippen LogP contribution >= 0.6 is 0 Å². The van der Waals surface area contributed by atoms with Gasteiger partial charge in [0.1, 0.15) is 5.75 Å². The van der Waals surface area contributed by atoms with Gasteiger partial charge in [-0.15, -0.1) is 0 Å². The number of aliphatic hydroxyl groups excluding tert-OH is 1. The molecule has 16 heavy (non-hydrogen) atoms. The highest BCUT2D eigenvalue weighted by atomic mass is 16.5. The lowest BCUT2D eigenvalue weighted by atomic mass is 9.99. The highest BCUT2D eigenvalue weighted by molar-refractivity contribution is 5.27. The summed E-state index contributed by atoms with van der Waals surface area (Å²) in [6.07, 6.45) is 1.00. The molecule has 1 unspecified atom stereocenters. The molecule has 1 rings (SSSR count). The molecule has 1 N–H and O–H groups in total. The molecule has 0 saturated heterocycles. The molecular weight excluding hydrogens is 200 g/mol. The lowest BCUT2D eigenvalue weighted by Gasteiger charge is -2.17. The fourth-order valence-corrected chi connectivity index (χ4v) is 1.78. The van der Waals surface area contributed by atoms with E-state index in [4.69, 9.17) is 4.74 Å². The van der Waals surface area contributed by atoms with Gasteiger partial charge in [-0.2, -0.15) is 0 Å². The molecule has 0 aliphatic rings. The van der Waals surface area contributed by atoms with Gasteiger partial charge < -0.3 is 9.84 Å². The zero-order valence-corrected chi connectivity index (χ0v) is 10.4. The van der Waals surface area contributed by atoms with Crippen LogP contribution in [0.15, 0.2) is 24.3 Å². The zero-order valence-electron chi connectivity index (χ0n) is 10.4. The number of hydrogen-bond acceptors (Lipinski definition) is 2. The predicted molar refractivity (Wildman–Crippen MR) is 66.7 cm³/mol. The van der Waals surface area contributed by atoms with E-state index < -0.39 is 0 Å². The van der Waals surface area contributed by atoms with Crippen molar-refractivity contribution < 1.29 is 9.84 Å². The van der Waals surface area contributed by atoms with E-state index in [1.54, 1.807) is 0 Å². The van der Waals surface area contributed by atoms with Gasteiger partial charge in [-0.3, -0.25) is 0 Å². The van der Waals surface area contributed by atoms with Gasteiger partial charge in [0.25, 0.3) is 0 Å². The Bertz CT molecular complexity index is 307. The van der Waals surface area contributed by atoms with Crippen LogP contribution < -0.4 is 4.74 Å². The summed E-state index contributed by atoms with van der Waals surface area (Å²) < 4.78 is 5.68. The first-order valence-corrected chi connectivity index (χ1v) is 5.92. The monoisotopic (exact) mass is 222 g/mol. The number of ether oxygens (including phenoxy) is 1. The summed E-state index contributed by atoms with van der Waals surface area (Å²) in [6, 6.07) is 8.01. The normalized spacial score (nSPS) is 12.8. The molecule has 0 fully saturated rings. The molecule has 0 aliphatic heterocycles. The maximum atomic E-state index is 9.23. The quantitative estimate of drug-likeness (QED) is 0.801. The van der Waals surface area contributed by atoms with Gasteiger partial charge in [-0.25, -0.2) is 0 Å². The van der Waals surface area contributed by atoms with Crippen LogP contribution in [0, 0.1) is 18.8 Å². The fraction of sp³-hybridized carbons (Fsp3) is 0.571. The minimum atomic E-state index is 0.198. The van der Waals surface area contributed by atoms with E-state index in [2.05, 4.69) is 13.8 Å². The minimum Gasteiger partial charge on any atom is -0.493 e. The average Bonchev–Trinajstić information content (AvgIpc) is 2.24. The number of benzene rings is 1. The number of aryl methyl sites for hydroxylation is 1. The Labute approximate surface area is 98.3 Å². The number of hydrogen-bond donors (Lipinski definition) is 1. The van der Waals surface area contributed by atoms with Gasteiger partial charge in [-0.05, 0) is 37.0 Å². The third-order valence-electron chi connectivity index (χ3n) is 2.54. The van der Waals surface area contributed by atoms with Crippen LogP contribution in [0.5, 0.6) is 5.75 Å². The van der Waals surface area contributed by atoms with Gasteiger partial charge >= 0.3 is 0 Å². The molecule has 2 heteroatoms. The molecule has 0 heterocycles. The standard InChI is InChI=1S/C14H22O2/c1-11(2)7-13(9-15)10-16-14-6-4-5-12(3)8-14/h4-6,8,11,13,15H,7,9-10H2,1-3H3. The zero-order chi connectivity index (χ0) is 12.0. The molecule has 1 aromatic rings. The molecule has 0 saturated carbocycles. The molecular formula is C14H22O2. The lowest BCUT2D eigenvalue weighted by molar-refractivity contribution is 0.146. The van der Waals surface area contributed by atoms with Crippen LogP contribution in [0.3, 0.4) is 0 Å². The van der Waals surface area contributed by atoms with Crippen LogP contribution in [0.2, 0.25) is 0 Å². The molecule has 0 spiro atoms. The Hall–Kier alpha value is -1.02. The number of rotatable bonds is 6. The smallest absolute Gasteiger partial charge is 0.119 e. The second-order valence-corrected chi connectivity index (χ2v) is 4.81. The molecule has 0 radical (unpaired) electrons. The summed E-state index contributed by atoms with van der Waals surface area (Å²) in [5, 5.41) is 9.23. The lowest BCUT2D eigenvalue weighted by Crippen LogP contribution is -2.18. The topological polar surface area (TPSA) is 29.5 Å². The van der Waals surface area contributed by atoms with Gasteiger partial charge in [0.05, 0.1) is 6.61 Å². The van der Waals surface area contributed by atoms with Crippen molar-refractivity contribution >= 4 is 0 Å². The van der Waals surface area contributed by atoms with Gasteiger partial charge in [0.2, 0.25) is 0 Å². The van der Waals surface area contributed by atoms with Crippen molar-refractivity contribution in [3.8, 4) is 5.75 Å². The van der Waals surface area contributed by atoms with E-state index >= 15 is 0 Å². The Morgan fingerprint density at radius 3 is 2.62 bits per heavy atom. The maximum absolute atomic E-state index is 9.23. The van der Waals surface area contributed by atoms with Crippen LogP contribution in [-0.2, 0) is 0 Å². The molecule has 1 aromatic carbocycles. The Morgan fingerprint density at radius 2 is 2.06 bits per heavy atom. The second kappa shape index (κ2) is 6.54. The summed E-state index contributed by atoms with van der Waals surface area (Å²) in [5.41, 5.74) is 1.20. The highest BCUT2D eigenvalue weighted by Gasteiger charge is 2.10. The third-order valence-corrected chi connectivity index (χ3v) is 2.54. The molecule has 0 aromatic heterocycles. The van der Waals surface area contributed by atoms with Gasteiger partial charge in [-0.1, -0.05) is 26.0 Å². The third kappa shape index (κ3) is 4.67. The van der Waals surface area contributed by atoms with E-state index in [1.165, 1.54) is 5.56 Å². The largest absolute Gasteiger partial charge is 0.493 e. The van der Waals surface area contributed by atoms with E-state index in [0.29, 0.717) is 12.5 Å². The molecule has 0 aliphatic carbocycles. The maximum Gasteiger partial charge on any atom is 0.119 e. The highest BCUT2D eigenvalue weighted by Crippen LogP contribution is 2.16. The molecule has 0 bridgehead atoms. The number of aliphatic hydroxyl groups is 1. The van der Waals surface area contributed by atoms with Crippen LogP contribution in [0.4, 0.5) is 0 Å². The predicted octanol–water partition coefficient (Wildman–Crippen LogP) is 3.03. The Kier molecular flexibility index (Phi) is 5.33. The van der Waals surface area contributed by atoms with Crippen molar-refractivity contribution in [1.82, 2.24) is 0 Å². The second-order valence-electron chi connectivity index (χ2n) is 4.81. The molecule has 0 amide bonds. The van der Waals surface area contributed by atoms with Gasteiger partial charge in [0.15, 0.2) is 0 Å². The first-order chi connectivity index (χ1) is 7.61. The first kappa shape index (κ1) is 13.0. The van der Waals surface area contributed by atoms with E-state index in [9.17, 15) is 5.11 Å². The van der Waals surface area contributed by atoms with Crippen LogP contribution in [0.25, 0.3) is 0 Å². The van der Waals surface area contributed by atoms with Crippen molar-refractivity contribution in [1.29, 1.82) is 0 Å². The average molecular weight is 222 g/mol. The van der Waals surface area contributed by atoms with Crippen molar-refractivity contribution in [2.24, 2.45) is 11.8 Å². The first-order valence-electron chi connectivity index (χ1n) is 5.92. The van der Waals surface area contributed by atoms with E-state index in [0.717, 1.165) is 12.2 Å². The molecule has 1 atom stereocenters. The molecule has 90 valence electrons. The van der Waals surface area contributed by atoms with E-state index in [-0.39, 0.29) is 12.5 Å². The summed E-state index contributed by atoms with van der Waals surface area (Å²) in [7, 11) is 0. The van der Waals surface area contributed by atoms with Crippen molar-refractivity contribution in [3.63, 3.8) is 0 Å². The molecule has 2 nitrogen and oxygen atoms in total. The SMILES string of the molecule is Cc1cccc(OCC(CO)CC(C)C)c1. The van der Waals surface area contributed by atoms with Crippen LogP contribution in [-0.4, -0.2) is 18.3 Å². The summed E-state index contributed by atoms with van der Waals surface area (Å²) in [4.78, 5) is 0. The van der Waals surface area contributed by atoms with Gasteiger partial charge in [0, 0.05) is 12.5 Å². The Balaban J connectivity index is 2.43. The summed E-state index contributed by atoms with van der Waals surface area (Å²) in [6.45, 7) is 7.16. The van der Waals surface area contributed by atoms with E-state index in [1.807, 2.05) is 31.2 Å². The van der Waals surface area contributed by atoms with Crippen molar-refractivity contribution in [2.75, 3.05) is 13.2 Å². The summed E-state index contributed by atoms with van der Waals surface area (Å²) in [5.74, 6) is 1.72. The van der Waals surface area contributed by atoms with Crippen LogP contribution in [0.1, 0.15) is 25.8 Å².